The maximum Gasteiger partial charge on any atom is 0.257 e. The number of rotatable bonds is 7. The second kappa shape index (κ2) is 8.80. The van der Waals surface area contributed by atoms with Crippen molar-refractivity contribution in [1.82, 2.24) is 9.62 Å². The van der Waals surface area contributed by atoms with Gasteiger partial charge in [0.05, 0.1) is 18.9 Å². The summed E-state index contributed by atoms with van der Waals surface area (Å²) < 4.78 is 44.7. The number of hydrogen-bond acceptors (Lipinski definition) is 5. The third-order valence-electron chi connectivity index (χ3n) is 4.36. The molecule has 8 nitrogen and oxygen atoms in total. The van der Waals surface area contributed by atoms with E-state index in [1.165, 1.54) is 49.3 Å². The fourth-order valence-electron chi connectivity index (χ4n) is 2.84. The Morgan fingerprint density at radius 3 is 2.20 bits per heavy atom. The Kier molecular flexibility index (Phi) is 6.84. The molecule has 2 rings (SSSR count). The van der Waals surface area contributed by atoms with Crippen LogP contribution in [0.3, 0.4) is 0 Å². The zero-order valence-electron chi connectivity index (χ0n) is 17.3. The van der Waals surface area contributed by atoms with Crippen LogP contribution < -0.4 is 14.8 Å². The lowest BCUT2D eigenvalue weighted by atomic mass is 9.92. The molecule has 0 aromatic heterocycles. The normalized spacial score (nSPS) is 13.3. The Labute approximate surface area is 175 Å². The summed E-state index contributed by atoms with van der Waals surface area (Å²) in [5.41, 5.74) is -1.01. The first-order valence-electron chi connectivity index (χ1n) is 8.83. The average Bonchev–Trinajstić information content (AvgIpc) is 2.66. The van der Waals surface area contributed by atoms with Crippen molar-refractivity contribution < 1.29 is 27.1 Å². The van der Waals surface area contributed by atoms with Crippen LogP contribution in [0.25, 0.3) is 0 Å². The highest BCUT2D eigenvalue weighted by atomic mass is 32.2. The molecular formula is C20H24FN3O5S. The molecule has 2 N–H and O–H groups in total. The fourth-order valence-corrected chi connectivity index (χ4v) is 3.79. The van der Waals surface area contributed by atoms with E-state index in [0.717, 1.165) is 18.4 Å². The van der Waals surface area contributed by atoms with Gasteiger partial charge in [-0.05, 0) is 42.8 Å². The van der Waals surface area contributed by atoms with Crippen LogP contribution in [0.4, 0.5) is 10.1 Å². The molecule has 2 aromatic rings. The van der Waals surface area contributed by atoms with Crippen LogP contribution in [0.2, 0.25) is 0 Å². The minimum absolute atomic E-state index is 0.222. The van der Waals surface area contributed by atoms with E-state index in [1.807, 2.05) is 0 Å². The summed E-state index contributed by atoms with van der Waals surface area (Å²) in [6.07, 6.45) is 0.920. The Hall–Kier alpha value is -2.98. The number of ether oxygens (including phenoxy) is 1. The molecular weight excluding hydrogens is 413 g/mol. The highest BCUT2D eigenvalue weighted by molar-refractivity contribution is 7.88. The molecule has 2 aromatic carbocycles. The Balaban J connectivity index is 2.46. The van der Waals surface area contributed by atoms with Gasteiger partial charge in [-0.3, -0.25) is 9.59 Å². The zero-order valence-corrected chi connectivity index (χ0v) is 18.1. The van der Waals surface area contributed by atoms with E-state index in [1.54, 1.807) is 14.1 Å². The summed E-state index contributed by atoms with van der Waals surface area (Å²) in [5, 5.41) is 2.62. The van der Waals surface area contributed by atoms with E-state index in [4.69, 9.17) is 4.74 Å². The van der Waals surface area contributed by atoms with Gasteiger partial charge >= 0.3 is 0 Å². The van der Waals surface area contributed by atoms with Crippen molar-refractivity contribution in [2.45, 2.75) is 12.5 Å². The SMILES string of the molecule is COc1ccc(NC(=O)[C@](C)(NS(C)(=O)=O)c2ccc(F)cc2)cc1C(=O)N(C)C. The van der Waals surface area contributed by atoms with E-state index < -0.39 is 27.3 Å². The first-order valence-corrected chi connectivity index (χ1v) is 10.7. The highest BCUT2D eigenvalue weighted by Crippen LogP contribution is 2.27. The van der Waals surface area contributed by atoms with Crippen molar-refractivity contribution in [2.75, 3.05) is 32.8 Å². The van der Waals surface area contributed by atoms with Gasteiger partial charge in [0.15, 0.2) is 0 Å². The summed E-state index contributed by atoms with van der Waals surface area (Å²) in [7, 11) is 0.768. The van der Waals surface area contributed by atoms with Gasteiger partial charge < -0.3 is 15.0 Å². The van der Waals surface area contributed by atoms with Crippen LogP contribution in [0.1, 0.15) is 22.8 Å². The lowest BCUT2D eigenvalue weighted by Gasteiger charge is -2.29. The molecule has 0 radical (unpaired) electrons. The van der Waals surface area contributed by atoms with E-state index in [2.05, 4.69) is 10.0 Å². The largest absolute Gasteiger partial charge is 0.496 e. The van der Waals surface area contributed by atoms with Gasteiger partial charge in [0.2, 0.25) is 15.9 Å². The summed E-state index contributed by atoms with van der Waals surface area (Å²) >= 11 is 0. The van der Waals surface area contributed by atoms with Crippen LogP contribution >= 0.6 is 0 Å². The lowest BCUT2D eigenvalue weighted by molar-refractivity contribution is -0.121. The smallest absolute Gasteiger partial charge is 0.257 e. The molecule has 0 saturated carbocycles. The van der Waals surface area contributed by atoms with Crippen molar-refractivity contribution in [3.05, 3.63) is 59.4 Å². The monoisotopic (exact) mass is 437 g/mol. The molecule has 30 heavy (non-hydrogen) atoms. The second-order valence-corrected chi connectivity index (χ2v) is 8.82. The van der Waals surface area contributed by atoms with E-state index in [9.17, 15) is 22.4 Å². The summed E-state index contributed by atoms with van der Waals surface area (Å²) in [5.74, 6) is -1.25. The number of anilines is 1. The predicted molar refractivity (Wildman–Crippen MR) is 111 cm³/mol. The number of halogens is 1. The number of sulfonamides is 1. The molecule has 0 spiro atoms. The van der Waals surface area contributed by atoms with E-state index >= 15 is 0 Å². The first-order chi connectivity index (χ1) is 13.9. The first kappa shape index (κ1) is 23.3. The van der Waals surface area contributed by atoms with E-state index in [-0.39, 0.29) is 22.7 Å². The number of nitrogens with one attached hydrogen (secondary N) is 2. The number of methoxy groups -OCH3 is 1. The van der Waals surface area contributed by atoms with Gasteiger partial charge in [-0.15, -0.1) is 0 Å². The number of hydrogen-bond donors (Lipinski definition) is 2. The predicted octanol–water partition coefficient (Wildman–Crippen LogP) is 1.94. The summed E-state index contributed by atoms with van der Waals surface area (Å²) in [6, 6.07) is 9.38. The molecule has 0 bridgehead atoms. The van der Waals surface area contributed by atoms with Gasteiger partial charge in [0.25, 0.3) is 5.91 Å². The molecule has 0 aliphatic rings. The molecule has 162 valence electrons. The Morgan fingerprint density at radius 1 is 1.10 bits per heavy atom. The van der Waals surface area contributed by atoms with Crippen molar-refractivity contribution in [3.63, 3.8) is 0 Å². The molecule has 0 fully saturated rings. The maximum atomic E-state index is 13.3. The topological polar surface area (TPSA) is 105 Å². The van der Waals surface area contributed by atoms with Gasteiger partial charge in [-0.1, -0.05) is 12.1 Å². The third-order valence-corrected chi connectivity index (χ3v) is 5.14. The lowest BCUT2D eigenvalue weighted by Crippen LogP contribution is -2.51. The summed E-state index contributed by atoms with van der Waals surface area (Å²) in [6.45, 7) is 1.37. The molecule has 0 saturated heterocycles. The highest BCUT2D eigenvalue weighted by Gasteiger charge is 2.38. The van der Waals surface area contributed by atoms with Crippen LogP contribution in [0.15, 0.2) is 42.5 Å². The van der Waals surface area contributed by atoms with E-state index in [0.29, 0.717) is 5.75 Å². The van der Waals surface area contributed by atoms with Crippen LogP contribution in [-0.4, -0.2) is 52.6 Å². The summed E-state index contributed by atoms with van der Waals surface area (Å²) in [4.78, 5) is 26.9. The average molecular weight is 437 g/mol. The van der Waals surface area contributed by atoms with Gasteiger partial charge in [-0.25, -0.2) is 12.8 Å². The third kappa shape index (κ3) is 5.33. The standard InChI is InChI=1S/C20H24FN3O5S/c1-20(23-30(5,27)28,13-6-8-14(21)9-7-13)19(26)22-15-10-11-17(29-4)16(12-15)18(25)24(2)3/h6-12,23H,1-5H3,(H,22,26)/t20-/m1/s1. The van der Waals surface area contributed by atoms with Gasteiger partial charge in [0, 0.05) is 19.8 Å². The Morgan fingerprint density at radius 2 is 1.70 bits per heavy atom. The molecule has 10 heteroatoms. The maximum absolute atomic E-state index is 13.3. The quantitative estimate of drug-likeness (QED) is 0.689. The zero-order chi connectivity index (χ0) is 22.7. The van der Waals surface area contributed by atoms with Crippen molar-refractivity contribution in [1.29, 1.82) is 0 Å². The molecule has 0 aliphatic heterocycles. The number of carbonyl (C=O) groups excluding carboxylic acids is 2. The number of carbonyl (C=O) groups is 2. The minimum atomic E-state index is -3.81. The molecule has 1 atom stereocenters. The molecule has 0 aliphatic carbocycles. The van der Waals surface area contributed by atoms with Crippen molar-refractivity contribution in [3.8, 4) is 5.75 Å². The van der Waals surface area contributed by atoms with Gasteiger partial charge in [-0.2, -0.15) is 4.72 Å². The van der Waals surface area contributed by atoms with Crippen molar-refractivity contribution in [2.24, 2.45) is 0 Å². The van der Waals surface area contributed by atoms with Crippen LogP contribution in [-0.2, 0) is 20.4 Å². The number of amides is 2. The Bertz CT molecular complexity index is 1050. The number of benzene rings is 2. The van der Waals surface area contributed by atoms with Crippen molar-refractivity contribution >= 4 is 27.5 Å². The minimum Gasteiger partial charge on any atom is -0.496 e. The fraction of sp³-hybridized carbons (Fsp3) is 0.300. The molecule has 2 amide bonds. The molecule has 0 unspecified atom stereocenters. The van der Waals surface area contributed by atoms with Crippen LogP contribution in [0, 0.1) is 5.82 Å². The molecule has 0 heterocycles. The van der Waals surface area contributed by atoms with Crippen LogP contribution in [0.5, 0.6) is 5.75 Å². The second-order valence-electron chi connectivity index (χ2n) is 7.07. The van der Waals surface area contributed by atoms with Gasteiger partial charge in [0.1, 0.15) is 17.1 Å². The number of nitrogens with zero attached hydrogens (tertiary/aromatic N) is 1.